The summed E-state index contributed by atoms with van der Waals surface area (Å²) in [5.74, 6) is -0.168. The highest BCUT2D eigenvalue weighted by molar-refractivity contribution is 7.92. The number of carbonyl (C=O) groups is 2. The molecule has 0 saturated heterocycles. The lowest BCUT2D eigenvalue weighted by molar-refractivity contribution is -0.141. The molecular weight excluding hydrogens is 570 g/mol. The van der Waals surface area contributed by atoms with E-state index >= 15 is 0 Å². The predicted molar refractivity (Wildman–Crippen MR) is 171 cm³/mol. The van der Waals surface area contributed by atoms with Gasteiger partial charge in [-0.3, -0.25) is 13.9 Å². The third-order valence-corrected chi connectivity index (χ3v) is 8.40. The lowest BCUT2D eigenvalue weighted by Crippen LogP contribution is -2.51. The smallest absolute Gasteiger partial charge is 0.243 e. The fourth-order valence-corrected chi connectivity index (χ4v) is 6.00. The van der Waals surface area contributed by atoms with E-state index in [-0.39, 0.29) is 43.7 Å². The summed E-state index contributed by atoms with van der Waals surface area (Å²) in [5.41, 5.74) is 4.19. The van der Waals surface area contributed by atoms with Crippen molar-refractivity contribution in [3.8, 4) is 0 Å². The lowest BCUT2D eigenvalue weighted by Gasteiger charge is -2.32. The van der Waals surface area contributed by atoms with Gasteiger partial charge in [0.1, 0.15) is 6.04 Å². The van der Waals surface area contributed by atoms with Crippen LogP contribution < -0.4 is 9.62 Å². The maximum Gasteiger partial charge on any atom is 0.243 e. The van der Waals surface area contributed by atoms with Gasteiger partial charge in [-0.1, -0.05) is 91.7 Å². The SMILES string of the molecule is Cc1cccc(CN(C(=O)CCCN(c2cc(Cl)ccc2C)S(C)(=O)=O)[C@@H](Cc2ccccc2)C(=O)NCC(C)C)c1. The number of anilines is 1. The molecule has 0 fully saturated rings. The molecule has 0 aliphatic rings. The van der Waals surface area contributed by atoms with Gasteiger partial charge >= 0.3 is 0 Å². The number of aryl methyl sites for hydroxylation is 2. The molecule has 0 aliphatic carbocycles. The summed E-state index contributed by atoms with van der Waals surface area (Å²) in [6.45, 7) is 8.73. The summed E-state index contributed by atoms with van der Waals surface area (Å²) in [7, 11) is -3.63. The van der Waals surface area contributed by atoms with E-state index in [9.17, 15) is 18.0 Å². The Morgan fingerprint density at radius 1 is 0.929 bits per heavy atom. The molecule has 0 spiro atoms. The topological polar surface area (TPSA) is 86.8 Å². The van der Waals surface area contributed by atoms with Crippen molar-refractivity contribution in [3.05, 3.63) is 100 Å². The van der Waals surface area contributed by atoms with Crippen LogP contribution in [0.15, 0.2) is 72.8 Å². The van der Waals surface area contributed by atoms with Crippen LogP contribution in [-0.4, -0.2) is 50.5 Å². The molecule has 9 heteroatoms. The highest BCUT2D eigenvalue weighted by Crippen LogP contribution is 2.27. The molecule has 42 heavy (non-hydrogen) atoms. The molecule has 7 nitrogen and oxygen atoms in total. The number of nitrogens with zero attached hydrogens (tertiary/aromatic N) is 2. The van der Waals surface area contributed by atoms with Gasteiger partial charge in [-0.25, -0.2) is 8.42 Å². The fourth-order valence-electron chi connectivity index (χ4n) is 4.82. The van der Waals surface area contributed by atoms with Gasteiger partial charge < -0.3 is 10.2 Å². The second-order valence-corrected chi connectivity index (χ2v) is 13.6. The van der Waals surface area contributed by atoms with Crippen molar-refractivity contribution in [1.82, 2.24) is 10.2 Å². The Bertz CT molecular complexity index is 1460. The van der Waals surface area contributed by atoms with Gasteiger partial charge in [0, 0.05) is 37.5 Å². The van der Waals surface area contributed by atoms with E-state index in [2.05, 4.69) is 5.32 Å². The zero-order valence-electron chi connectivity index (χ0n) is 25.1. The molecule has 3 rings (SSSR count). The van der Waals surface area contributed by atoms with Crippen molar-refractivity contribution < 1.29 is 18.0 Å². The molecule has 0 radical (unpaired) electrons. The Morgan fingerprint density at radius 3 is 2.26 bits per heavy atom. The monoisotopic (exact) mass is 611 g/mol. The number of nitrogens with one attached hydrogen (secondary N) is 1. The van der Waals surface area contributed by atoms with Gasteiger partial charge in [0.15, 0.2) is 0 Å². The zero-order valence-corrected chi connectivity index (χ0v) is 26.7. The molecule has 0 saturated carbocycles. The standard InChI is InChI=1S/C33H42ClN3O4S/c1-24(2)22-35-33(39)31(20-27-12-7-6-8-13-27)36(23-28-14-9-11-25(3)19-28)32(38)15-10-18-37(42(5,40)41)30-21-29(34)17-16-26(30)4/h6-9,11-14,16-17,19,21,24,31H,10,15,18,20,22-23H2,1-5H3,(H,35,39)/t31-/m0/s1. The van der Waals surface area contributed by atoms with E-state index in [1.54, 1.807) is 23.1 Å². The minimum atomic E-state index is -3.63. The van der Waals surface area contributed by atoms with Crippen molar-refractivity contribution >= 4 is 39.1 Å². The molecule has 226 valence electrons. The number of sulfonamides is 1. The molecule has 3 aromatic carbocycles. The Labute approximate surface area is 255 Å². The van der Waals surface area contributed by atoms with Crippen molar-refractivity contribution in [2.45, 2.75) is 59.5 Å². The summed E-state index contributed by atoms with van der Waals surface area (Å²) >= 11 is 6.18. The molecular formula is C33H42ClN3O4S. The first-order valence-electron chi connectivity index (χ1n) is 14.3. The average Bonchev–Trinajstić information content (AvgIpc) is 2.93. The van der Waals surface area contributed by atoms with E-state index in [4.69, 9.17) is 11.6 Å². The van der Waals surface area contributed by atoms with Crippen molar-refractivity contribution in [2.24, 2.45) is 5.92 Å². The van der Waals surface area contributed by atoms with Crippen LogP contribution in [0.3, 0.4) is 0 Å². The quantitative estimate of drug-likeness (QED) is 0.245. The van der Waals surface area contributed by atoms with E-state index in [0.29, 0.717) is 23.7 Å². The highest BCUT2D eigenvalue weighted by Gasteiger charge is 2.30. The molecule has 0 aromatic heterocycles. The summed E-state index contributed by atoms with van der Waals surface area (Å²) in [6.07, 6.45) is 1.85. The number of benzene rings is 3. The van der Waals surface area contributed by atoms with Gasteiger partial charge in [0.2, 0.25) is 21.8 Å². The van der Waals surface area contributed by atoms with Crippen LogP contribution >= 0.6 is 11.6 Å². The minimum absolute atomic E-state index is 0.0696. The normalized spacial score (nSPS) is 12.2. The third-order valence-electron chi connectivity index (χ3n) is 6.98. The number of halogens is 1. The predicted octanol–water partition coefficient (Wildman–Crippen LogP) is 5.92. The molecule has 3 aromatic rings. The second kappa shape index (κ2) is 15.2. The first-order chi connectivity index (χ1) is 19.8. The fraction of sp³-hybridized carbons (Fsp3) is 0.394. The minimum Gasteiger partial charge on any atom is -0.354 e. The Kier molecular flexibility index (Phi) is 12.0. The zero-order chi connectivity index (χ0) is 30.9. The molecule has 1 atom stereocenters. The summed E-state index contributed by atoms with van der Waals surface area (Å²) in [5, 5.41) is 3.46. The number of amides is 2. The van der Waals surface area contributed by atoms with Crippen LogP contribution in [0.25, 0.3) is 0 Å². The average molecular weight is 612 g/mol. The lowest BCUT2D eigenvalue weighted by atomic mass is 10.0. The Morgan fingerprint density at radius 2 is 1.62 bits per heavy atom. The van der Waals surface area contributed by atoms with Crippen LogP contribution in [-0.2, 0) is 32.6 Å². The van der Waals surface area contributed by atoms with Crippen LogP contribution in [0, 0.1) is 19.8 Å². The largest absolute Gasteiger partial charge is 0.354 e. The first-order valence-corrected chi connectivity index (χ1v) is 16.5. The van der Waals surface area contributed by atoms with Crippen LogP contribution in [0.4, 0.5) is 5.69 Å². The maximum absolute atomic E-state index is 14.0. The first kappa shape index (κ1) is 33.1. The van der Waals surface area contributed by atoms with Gasteiger partial charge in [-0.05, 0) is 55.0 Å². The van der Waals surface area contributed by atoms with Gasteiger partial charge in [-0.15, -0.1) is 0 Å². The Hall–Kier alpha value is -3.36. The van der Waals surface area contributed by atoms with Gasteiger partial charge in [0.25, 0.3) is 0 Å². The summed E-state index contributed by atoms with van der Waals surface area (Å²) in [6, 6.07) is 21.9. The van der Waals surface area contributed by atoms with Crippen molar-refractivity contribution in [1.29, 1.82) is 0 Å². The van der Waals surface area contributed by atoms with E-state index < -0.39 is 16.1 Å². The number of hydrogen-bond donors (Lipinski definition) is 1. The van der Waals surface area contributed by atoms with Crippen LogP contribution in [0.2, 0.25) is 5.02 Å². The molecule has 0 bridgehead atoms. The van der Waals surface area contributed by atoms with E-state index in [1.165, 1.54) is 4.31 Å². The molecule has 0 heterocycles. The number of rotatable bonds is 14. The van der Waals surface area contributed by atoms with Gasteiger partial charge in [-0.2, -0.15) is 0 Å². The molecule has 0 aliphatic heterocycles. The second-order valence-electron chi connectivity index (χ2n) is 11.2. The summed E-state index contributed by atoms with van der Waals surface area (Å²) < 4.78 is 26.8. The number of carbonyl (C=O) groups excluding carboxylic acids is 2. The molecule has 2 amide bonds. The highest BCUT2D eigenvalue weighted by atomic mass is 35.5. The van der Waals surface area contributed by atoms with Crippen molar-refractivity contribution in [3.63, 3.8) is 0 Å². The molecule has 0 unspecified atom stereocenters. The molecule has 1 N–H and O–H groups in total. The van der Waals surface area contributed by atoms with E-state index in [1.807, 2.05) is 82.3 Å². The van der Waals surface area contributed by atoms with Gasteiger partial charge in [0.05, 0.1) is 11.9 Å². The number of hydrogen-bond acceptors (Lipinski definition) is 4. The van der Waals surface area contributed by atoms with Crippen molar-refractivity contribution in [2.75, 3.05) is 23.7 Å². The Balaban J connectivity index is 1.90. The van der Waals surface area contributed by atoms with Crippen LogP contribution in [0.1, 0.15) is 48.9 Å². The maximum atomic E-state index is 14.0. The summed E-state index contributed by atoms with van der Waals surface area (Å²) in [4.78, 5) is 29.2. The van der Waals surface area contributed by atoms with E-state index in [0.717, 1.165) is 28.5 Å². The third kappa shape index (κ3) is 9.88. The van der Waals surface area contributed by atoms with Crippen LogP contribution in [0.5, 0.6) is 0 Å².